The van der Waals surface area contributed by atoms with Crippen LogP contribution in [0.15, 0.2) is 11.2 Å². The third-order valence-electron chi connectivity index (χ3n) is 2.27. The molecular weight excluding hydrogens is 298 g/mol. The summed E-state index contributed by atoms with van der Waals surface area (Å²) in [5, 5.41) is 21.7. The number of carboxylic acid groups (broad SMARTS) is 1. The molecule has 10 heteroatoms. The molecule has 8 nitrogen and oxygen atoms in total. The number of carboxylic acids is 1. The third kappa shape index (κ3) is 4.16. The van der Waals surface area contributed by atoms with E-state index in [1.165, 1.54) is 20.2 Å². The molecule has 1 aromatic rings. The first-order valence-corrected chi connectivity index (χ1v) is 7.02. The van der Waals surface area contributed by atoms with Crippen molar-refractivity contribution in [2.45, 2.75) is 24.0 Å². The van der Waals surface area contributed by atoms with Crippen molar-refractivity contribution in [1.82, 2.24) is 14.5 Å². The average Bonchev–Trinajstić information content (AvgIpc) is 2.55. The summed E-state index contributed by atoms with van der Waals surface area (Å²) >= 11 is 5.70. The minimum Gasteiger partial charge on any atom is -0.481 e. The number of aliphatic hydroxyl groups is 1. The van der Waals surface area contributed by atoms with E-state index in [1.807, 2.05) is 0 Å². The molecule has 0 aliphatic carbocycles. The van der Waals surface area contributed by atoms with Crippen molar-refractivity contribution in [1.29, 1.82) is 0 Å². The fourth-order valence-electron chi connectivity index (χ4n) is 1.41. The Labute approximate surface area is 115 Å². The van der Waals surface area contributed by atoms with Gasteiger partial charge in [0.05, 0.1) is 23.2 Å². The third-order valence-corrected chi connectivity index (χ3v) is 4.18. The van der Waals surface area contributed by atoms with Gasteiger partial charge in [-0.25, -0.2) is 13.1 Å². The van der Waals surface area contributed by atoms with Crippen molar-refractivity contribution in [3.05, 3.63) is 11.2 Å². The highest BCUT2D eigenvalue weighted by molar-refractivity contribution is 7.89. The van der Waals surface area contributed by atoms with Gasteiger partial charge >= 0.3 is 5.97 Å². The molecule has 0 aromatic carbocycles. The summed E-state index contributed by atoms with van der Waals surface area (Å²) in [4.78, 5) is 10.5. The van der Waals surface area contributed by atoms with Gasteiger partial charge in [-0.05, 0) is 6.92 Å². The Kier molecular flexibility index (Phi) is 4.56. The van der Waals surface area contributed by atoms with E-state index in [9.17, 15) is 18.3 Å². The van der Waals surface area contributed by atoms with Crippen molar-refractivity contribution in [3.8, 4) is 0 Å². The molecule has 0 fully saturated rings. The molecule has 0 amide bonds. The van der Waals surface area contributed by atoms with Gasteiger partial charge in [0.15, 0.2) is 5.03 Å². The van der Waals surface area contributed by atoms with Crippen LogP contribution in [0, 0.1) is 0 Å². The van der Waals surface area contributed by atoms with E-state index >= 15 is 0 Å². The van der Waals surface area contributed by atoms with Gasteiger partial charge in [-0.2, -0.15) is 5.10 Å². The van der Waals surface area contributed by atoms with Crippen LogP contribution in [-0.4, -0.2) is 46.5 Å². The monoisotopic (exact) mass is 311 g/mol. The topological polar surface area (TPSA) is 122 Å². The summed E-state index contributed by atoms with van der Waals surface area (Å²) in [6, 6.07) is 0. The molecule has 1 heterocycles. The maximum atomic E-state index is 12.0. The van der Waals surface area contributed by atoms with Gasteiger partial charge in [-0.1, -0.05) is 11.6 Å². The van der Waals surface area contributed by atoms with Gasteiger partial charge in [0.25, 0.3) is 10.0 Å². The summed E-state index contributed by atoms with van der Waals surface area (Å²) in [7, 11) is -2.58. The number of sulfonamides is 1. The minimum atomic E-state index is -3.98. The van der Waals surface area contributed by atoms with Crippen molar-refractivity contribution >= 4 is 27.6 Å². The molecule has 108 valence electrons. The fourth-order valence-corrected chi connectivity index (χ4v) is 3.22. The number of nitrogens with one attached hydrogen (secondary N) is 1. The molecule has 0 spiro atoms. The smallest absolute Gasteiger partial charge is 0.306 e. The number of aliphatic carboxylic acids is 1. The van der Waals surface area contributed by atoms with E-state index in [0.29, 0.717) is 0 Å². The first-order chi connectivity index (χ1) is 8.55. The minimum absolute atomic E-state index is 0.0622. The van der Waals surface area contributed by atoms with Crippen LogP contribution in [0.2, 0.25) is 5.02 Å². The van der Waals surface area contributed by atoms with Crippen LogP contribution >= 0.6 is 11.6 Å². The normalized spacial score (nSPS) is 15.2. The Hall–Kier alpha value is -1.16. The van der Waals surface area contributed by atoms with Crippen LogP contribution in [-0.2, 0) is 21.9 Å². The van der Waals surface area contributed by atoms with E-state index in [0.717, 1.165) is 4.68 Å². The molecular formula is C9H14ClN3O5S. The lowest BCUT2D eigenvalue weighted by Gasteiger charge is -2.21. The highest BCUT2D eigenvalue weighted by Gasteiger charge is 2.29. The maximum Gasteiger partial charge on any atom is 0.306 e. The Bertz CT molecular complexity index is 561. The Balaban J connectivity index is 2.85. The van der Waals surface area contributed by atoms with Gasteiger partial charge in [-0.15, -0.1) is 0 Å². The van der Waals surface area contributed by atoms with Crippen molar-refractivity contribution in [2.24, 2.45) is 7.05 Å². The van der Waals surface area contributed by atoms with E-state index in [1.54, 1.807) is 0 Å². The van der Waals surface area contributed by atoms with Gasteiger partial charge in [0.2, 0.25) is 0 Å². The number of hydrogen-bond acceptors (Lipinski definition) is 5. The Morgan fingerprint density at radius 3 is 2.63 bits per heavy atom. The summed E-state index contributed by atoms with van der Waals surface area (Å²) in [5.74, 6) is -1.23. The fraction of sp³-hybridized carbons (Fsp3) is 0.556. The number of halogens is 1. The summed E-state index contributed by atoms with van der Waals surface area (Å²) in [6.07, 6.45) is 0.583. The standard InChI is InChI=1S/C9H14ClN3O5S/c1-9(16,3-7(14)15)5-12-19(17,18)8-6(10)4-11-13(8)2/h4,12,16H,3,5H2,1-2H3,(H,14,15). The van der Waals surface area contributed by atoms with Crippen LogP contribution in [0.4, 0.5) is 0 Å². The molecule has 1 aromatic heterocycles. The molecule has 1 rings (SSSR count). The largest absolute Gasteiger partial charge is 0.481 e. The lowest BCUT2D eigenvalue weighted by atomic mass is 10.0. The zero-order chi connectivity index (χ0) is 14.8. The molecule has 0 saturated carbocycles. The number of aryl methyl sites for hydroxylation is 1. The predicted molar refractivity (Wildman–Crippen MR) is 66.3 cm³/mol. The van der Waals surface area contributed by atoms with Crippen molar-refractivity contribution in [2.75, 3.05) is 6.54 Å². The second kappa shape index (κ2) is 5.45. The molecule has 3 N–H and O–H groups in total. The van der Waals surface area contributed by atoms with Gasteiger partial charge in [-0.3, -0.25) is 9.48 Å². The summed E-state index contributed by atoms with van der Waals surface area (Å²) in [5.41, 5.74) is -1.70. The van der Waals surface area contributed by atoms with E-state index in [-0.39, 0.29) is 10.0 Å². The van der Waals surface area contributed by atoms with Gasteiger partial charge < -0.3 is 10.2 Å². The quantitative estimate of drug-likeness (QED) is 0.656. The molecule has 19 heavy (non-hydrogen) atoms. The molecule has 1 unspecified atom stereocenters. The van der Waals surface area contributed by atoms with Crippen molar-refractivity contribution < 1.29 is 23.4 Å². The molecule has 0 radical (unpaired) electrons. The predicted octanol–water partition coefficient (Wildman–Crippen LogP) is -0.423. The molecule has 0 aliphatic rings. The van der Waals surface area contributed by atoms with E-state index in [4.69, 9.17) is 16.7 Å². The van der Waals surface area contributed by atoms with Crippen LogP contribution in [0.1, 0.15) is 13.3 Å². The Morgan fingerprint density at radius 1 is 1.63 bits per heavy atom. The lowest BCUT2D eigenvalue weighted by Crippen LogP contribution is -2.42. The van der Waals surface area contributed by atoms with Crippen LogP contribution in [0.25, 0.3) is 0 Å². The first-order valence-electron chi connectivity index (χ1n) is 5.16. The van der Waals surface area contributed by atoms with Crippen LogP contribution in [0.3, 0.4) is 0 Å². The number of rotatable bonds is 6. The molecule has 0 aliphatic heterocycles. The van der Waals surface area contributed by atoms with E-state index in [2.05, 4.69) is 9.82 Å². The average molecular weight is 312 g/mol. The number of aromatic nitrogens is 2. The first kappa shape index (κ1) is 15.9. The molecule has 0 saturated heterocycles. The molecule has 0 bridgehead atoms. The van der Waals surface area contributed by atoms with E-state index < -0.39 is 34.6 Å². The summed E-state index contributed by atoms with van der Waals surface area (Å²) < 4.78 is 27.1. The lowest BCUT2D eigenvalue weighted by molar-refractivity contribution is -0.141. The number of hydrogen-bond donors (Lipinski definition) is 3. The Morgan fingerprint density at radius 2 is 2.21 bits per heavy atom. The highest BCUT2D eigenvalue weighted by atomic mass is 35.5. The van der Waals surface area contributed by atoms with Gasteiger partial charge in [0.1, 0.15) is 0 Å². The second-order valence-corrected chi connectivity index (χ2v) is 6.40. The number of nitrogens with zero attached hydrogens (tertiary/aromatic N) is 2. The zero-order valence-electron chi connectivity index (χ0n) is 10.3. The second-order valence-electron chi connectivity index (χ2n) is 4.31. The maximum absolute atomic E-state index is 12.0. The highest BCUT2D eigenvalue weighted by Crippen LogP contribution is 2.20. The molecule has 1 atom stereocenters. The SMILES string of the molecule is Cn1ncc(Cl)c1S(=O)(=O)NCC(C)(O)CC(=O)O. The number of carbonyl (C=O) groups is 1. The van der Waals surface area contributed by atoms with Crippen LogP contribution < -0.4 is 4.72 Å². The van der Waals surface area contributed by atoms with Crippen LogP contribution in [0.5, 0.6) is 0 Å². The van der Waals surface area contributed by atoms with Gasteiger partial charge in [0, 0.05) is 13.6 Å². The summed E-state index contributed by atoms with van der Waals surface area (Å²) in [6.45, 7) is 0.762. The zero-order valence-corrected chi connectivity index (χ0v) is 11.9. The van der Waals surface area contributed by atoms with Crippen molar-refractivity contribution in [3.63, 3.8) is 0 Å².